The van der Waals surface area contributed by atoms with Crippen LogP contribution in [0.15, 0.2) is 46.5 Å². The molecular formula is C21H24ClN3O3S. The Labute approximate surface area is 178 Å². The molecule has 6 nitrogen and oxygen atoms in total. The molecule has 1 aliphatic rings. The third-order valence-corrected chi connectivity index (χ3v) is 6.50. The highest BCUT2D eigenvalue weighted by Gasteiger charge is 2.26. The van der Waals surface area contributed by atoms with E-state index in [9.17, 15) is 13.9 Å². The number of benzene rings is 2. The van der Waals surface area contributed by atoms with Crippen LogP contribution in [0.1, 0.15) is 54.2 Å². The Kier molecular flexibility index (Phi) is 7.16. The van der Waals surface area contributed by atoms with Crippen molar-refractivity contribution < 1.29 is 9.00 Å². The van der Waals surface area contributed by atoms with Crippen molar-refractivity contribution in [3.05, 3.63) is 63.0 Å². The molecule has 2 atom stereocenters. The van der Waals surface area contributed by atoms with Crippen molar-refractivity contribution in [1.82, 2.24) is 10.0 Å². The molecule has 0 fully saturated rings. The molecule has 1 amide bonds. The van der Waals surface area contributed by atoms with Crippen LogP contribution in [0, 0.1) is 10.8 Å². The van der Waals surface area contributed by atoms with Gasteiger partial charge in [-0.2, -0.15) is 0 Å². The summed E-state index contributed by atoms with van der Waals surface area (Å²) in [6.07, 6.45) is 2.54. The maximum absolute atomic E-state index is 12.9. The van der Waals surface area contributed by atoms with Crippen molar-refractivity contribution in [1.29, 1.82) is 0 Å². The summed E-state index contributed by atoms with van der Waals surface area (Å²) in [5.74, 6) is 0.0511. The second-order valence-corrected chi connectivity index (χ2v) is 9.18. The van der Waals surface area contributed by atoms with Gasteiger partial charge in [-0.1, -0.05) is 49.7 Å². The zero-order chi connectivity index (χ0) is 21.0. The Balaban J connectivity index is 1.81. The summed E-state index contributed by atoms with van der Waals surface area (Å²) in [5.41, 5.74) is 2.30. The third-order valence-electron chi connectivity index (χ3n) is 4.98. The van der Waals surface area contributed by atoms with E-state index in [2.05, 4.69) is 35.1 Å². The lowest BCUT2D eigenvalue weighted by atomic mass is 10.1. The van der Waals surface area contributed by atoms with Gasteiger partial charge in [0, 0.05) is 6.54 Å². The fourth-order valence-corrected chi connectivity index (χ4v) is 4.53. The van der Waals surface area contributed by atoms with Gasteiger partial charge in [0.2, 0.25) is 0 Å². The Morgan fingerprint density at radius 3 is 2.79 bits per heavy atom. The van der Waals surface area contributed by atoms with E-state index in [1.165, 1.54) is 17.7 Å². The number of rotatable bonds is 8. The van der Waals surface area contributed by atoms with E-state index >= 15 is 0 Å². The number of nitroso groups, excluding NO2 is 1. The standard InChI is InChI=1S/C21H24ClN3O3S/c1-13(2)9-10-23-29(28)15-11-17(20(22)19(12-15)25-27)21(26)24-18-8-7-14-5-3-4-6-16(14)18/h3-6,11-13,18,23H,7-10H2,1-2H3,(H,24,26). The predicted molar refractivity (Wildman–Crippen MR) is 116 cm³/mol. The molecule has 0 heterocycles. The first-order chi connectivity index (χ1) is 13.9. The number of hydrogen-bond donors (Lipinski definition) is 2. The highest BCUT2D eigenvalue weighted by Crippen LogP contribution is 2.34. The van der Waals surface area contributed by atoms with Gasteiger partial charge in [0.05, 0.1) is 21.5 Å². The Hall–Kier alpha value is -2.09. The average molecular weight is 434 g/mol. The van der Waals surface area contributed by atoms with E-state index in [0.29, 0.717) is 17.4 Å². The summed E-state index contributed by atoms with van der Waals surface area (Å²) in [5, 5.41) is 5.85. The van der Waals surface area contributed by atoms with Gasteiger partial charge in [0.1, 0.15) is 16.7 Å². The lowest BCUT2D eigenvalue weighted by molar-refractivity contribution is 0.0936. The highest BCUT2D eigenvalue weighted by molar-refractivity contribution is 7.83. The van der Waals surface area contributed by atoms with Crippen LogP contribution in [-0.2, 0) is 17.4 Å². The molecule has 0 aliphatic heterocycles. The summed E-state index contributed by atoms with van der Waals surface area (Å²) < 4.78 is 15.5. The van der Waals surface area contributed by atoms with Gasteiger partial charge in [0.25, 0.3) is 5.91 Å². The molecule has 0 saturated carbocycles. The monoisotopic (exact) mass is 433 g/mol. The third kappa shape index (κ3) is 5.10. The molecule has 3 rings (SSSR count). The summed E-state index contributed by atoms with van der Waals surface area (Å²) in [7, 11) is -1.57. The largest absolute Gasteiger partial charge is 0.345 e. The van der Waals surface area contributed by atoms with Crippen LogP contribution >= 0.6 is 11.6 Å². The van der Waals surface area contributed by atoms with Crippen molar-refractivity contribution in [2.45, 2.75) is 44.0 Å². The number of carbonyl (C=O) groups is 1. The molecule has 2 unspecified atom stereocenters. The molecule has 0 spiro atoms. The van der Waals surface area contributed by atoms with Crippen LogP contribution in [-0.4, -0.2) is 16.7 Å². The minimum Gasteiger partial charge on any atom is -0.345 e. The molecule has 0 aromatic heterocycles. The quantitative estimate of drug-likeness (QED) is 0.585. The van der Waals surface area contributed by atoms with Crippen LogP contribution < -0.4 is 10.0 Å². The van der Waals surface area contributed by atoms with Crippen molar-refractivity contribution in [3.8, 4) is 0 Å². The lowest BCUT2D eigenvalue weighted by Crippen LogP contribution is -2.28. The number of halogens is 1. The molecule has 0 saturated heterocycles. The smallest absolute Gasteiger partial charge is 0.253 e. The van der Waals surface area contributed by atoms with Crippen molar-refractivity contribution in [3.63, 3.8) is 0 Å². The lowest BCUT2D eigenvalue weighted by Gasteiger charge is -2.16. The van der Waals surface area contributed by atoms with Gasteiger partial charge in [-0.3, -0.25) is 4.79 Å². The molecule has 29 heavy (non-hydrogen) atoms. The number of nitrogens with one attached hydrogen (secondary N) is 2. The highest BCUT2D eigenvalue weighted by atomic mass is 35.5. The molecule has 0 radical (unpaired) electrons. The Morgan fingerprint density at radius 2 is 2.07 bits per heavy atom. The molecule has 154 valence electrons. The summed E-state index contributed by atoms with van der Waals surface area (Å²) in [6, 6.07) is 10.7. The first kappa shape index (κ1) is 21.6. The fourth-order valence-electron chi connectivity index (χ4n) is 3.39. The van der Waals surface area contributed by atoms with Crippen molar-refractivity contribution in [2.24, 2.45) is 11.1 Å². The van der Waals surface area contributed by atoms with E-state index in [1.54, 1.807) is 0 Å². The molecule has 0 bridgehead atoms. The molecule has 2 aromatic carbocycles. The number of hydrogen-bond acceptors (Lipinski definition) is 4. The zero-order valence-corrected chi connectivity index (χ0v) is 18.0. The number of fused-ring (bicyclic) bond motifs is 1. The summed E-state index contributed by atoms with van der Waals surface area (Å²) in [6.45, 7) is 4.70. The summed E-state index contributed by atoms with van der Waals surface area (Å²) in [4.78, 5) is 24.4. The van der Waals surface area contributed by atoms with Crippen molar-refractivity contribution in [2.75, 3.05) is 6.54 Å². The van der Waals surface area contributed by atoms with Gasteiger partial charge in [-0.05, 0) is 53.6 Å². The van der Waals surface area contributed by atoms with Gasteiger partial charge < -0.3 is 5.32 Å². The molecule has 1 aliphatic carbocycles. The van der Waals surface area contributed by atoms with Crippen LogP contribution in [0.5, 0.6) is 0 Å². The van der Waals surface area contributed by atoms with Crippen LogP contribution in [0.3, 0.4) is 0 Å². The maximum Gasteiger partial charge on any atom is 0.253 e. The van der Waals surface area contributed by atoms with Gasteiger partial charge in [-0.15, -0.1) is 4.91 Å². The summed E-state index contributed by atoms with van der Waals surface area (Å²) >= 11 is 6.24. The average Bonchev–Trinajstić information content (AvgIpc) is 3.10. The van der Waals surface area contributed by atoms with E-state index in [-0.39, 0.29) is 22.3 Å². The fraction of sp³-hybridized carbons (Fsp3) is 0.381. The zero-order valence-electron chi connectivity index (χ0n) is 16.4. The molecule has 8 heteroatoms. The first-order valence-electron chi connectivity index (χ1n) is 9.61. The Morgan fingerprint density at radius 1 is 1.31 bits per heavy atom. The van der Waals surface area contributed by atoms with E-state index < -0.39 is 16.9 Å². The van der Waals surface area contributed by atoms with E-state index in [1.807, 2.05) is 18.2 Å². The van der Waals surface area contributed by atoms with Gasteiger partial charge in [0.15, 0.2) is 0 Å². The molecule has 2 aromatic rings. The maximum atomic E-state index is 12.9. The van der Waals surface area contributed by atoms with Crippen LogP contribution in [0.25, 0.3) is 0 Å². The second kappa shape index (κ2) is 9.61. The second-order valence-electron chi connectivity index (χ2n) is 7.50. The molecule has 2 N–H and O–H groups in total. The van der Waals surface area contributed by atoms with E-state index in [0.717, 1.165) is 24.8 Å². The minimum atomic E-state index is -1.57. The number of carbonyl (C=O) groups excluding carboxylic acids is 1. The number of aryl methyl sites for hydroxylation is 1. The van der Waals surface area contributed by atoms with Crippen molar-refractivity contribution >= 4 is 34.2 Å². The molecular weight excluding hydrogens is 410 g/mol. The first-order valence-corrected chi connectivity index (χ1v) is 11.1. The Bertz CT molecular complexity index is 949. The van der Waals surface area contributed by atoms with Crippen LogP contribution in [0.2, 0.25) is 5.02 Å². The van der Waals surface area contributed by atoms with Gasteiger partial charge >= 0.3 is 0 Å². The number of nitrogens with zero attached hydrogens (tertiary/aromatic N) is 1. The normalized spacial score (nSPS) is 16.5. The van der Waals surface area contributed by atoms with Crippen LogP contribution in [0.4, 0.5) is 5.69 Å². The van der Waals surface area contributed by atoms with E-state index in [4.69, 9.17) is 11.6 Å². The van der Waals surface area contributed by atoms with Gasteiger partial charge in [-0.25, -0.2) is 8.93 Å². The predicted octanol–water partition coefficient (Wildman–Crippen LogP) is 4.81. The minimum absolute atomic E-state index is 0.0355. The number of amides is 1. The SMILES string of the molecule is CC(C)CCNS(=O)c1cc(N=O)c(Cl)c(C(=O)NC2CCc3ccccc32)c1. The topological polar surface area (TPSA) is 87.6 Å².